The van der Waals surface area contributed by atoms with Crippen molar-refractivity contribution in [2.24, 2.45) is 0 Å². The quantitative estimate of drug-likeness (QED) is 0.372. The number of methoxy groups -OCH3 is 1. The summed E-state index contributed by atoms with van der Waals surface area (Å²) < 4.78 is 5.14. The number of aromatic nitrogens is 2. The Bertz CT molecular complexity index is 1400. The standard InChI is InChI=1S/C30H31N5O3/c1-21-18-22(6-11-27(21)23-4-3-5-25(36)19-23)20-34-14-16-35(17-15-34)29-13-12-28(32-33-29)30(37)31-24-7-9-26(38-2)10-8-24/h3-13,18-19,36H,14-17,20H2,1-2H3,(H,31,37). The lowest BCUT2D eigenvalue weighted by Crippen LogP contribution is -2.46. The maximum absolute atomic E-state index is 12.5. The van der Waals surface area contributed by atoms with E-state index in [1.807, 2.05) is 18.2 Å². The van der Waals surface area contributed by atoms with E-state index in [-0.39, 0.29) is 17.4 Å². The summed E-state index contributed by atoms with van der Waals surface area (Å²) in [5.74, 6) is 1.48. The Morgan fingerprint density at radius 2 is 1.74 bits per heavy atom. The Hall–Kier alpha value is -4.43. The van der Waals surface area contributed by atoms with Crippen LogP contribution in [0.25, 0.3) is 11.1 Å². The number of carbonyl (C=O) groups excluding carboxylic acids is 1. The Morgan fingerprint density at radius 3 is 2.39 bits per heavy atom. The van der Waals surface area contributed by atoms with Gasteiger partial charge < -0.3 is 20.1 Å². The van der Waals surface area contributed by atoms with Gasteiger partial charge >= 0.3 is 0 Å². The molecule has 5 rings (SSSR count). The van der Waals surface area contributed by atoms with Crippen molar-refractivity contribution < 1.29 is 14.6 Å². The van der Waals surface area contributed by atoms with E-state index in [4.69, 9.17) is 4.74 Å². The van der Waals surface area contributed by atoms with E-state index < -0.39 is 0 Å². The zero-order chi connectivity index (χ0) is 26.5. The molecular weight excluding hydrogens is 478 g/mol. The molecular formula is C30H31N5O3. The van der Waals surface area contributed by atoms with Gasteiger partial charge in [0.05, 0.1) is 7.11 Å². The first-order valence-electron chi connectivity index (χ1n) is 12.6. The third-order valence-corrected chi connectivity index (χ3v) is 6.78. The van der Waals surface area contributed by atoms with Gasteiger partial charge in [-0.2, -0.15) is 0 Å². The zero-order valence-electron chi connectivity index (χ0n) is 21.6. The summed E-state index contributed by atoms with van der Waals surface area (Å²) in [6.45, 7) is 6.49. The number of phenolic OH excluding ortho intramolecular Hbond substituents is 1. The van der Waals surface area contributed by atoms with Crippen molar-refractivity contribution >= 4 is 17.4 Å². The van der Waals surface area contributed by atoms with Gasteiger partial charge in [0.1, 0.15) is 11.5 Å². The van der Waals surface area contributed by atoms with E-state index in [0.29, 0.717) is 5.69 Å². The van der Waals surface area contributed by atoms with Crippen LogP contribution in [0.15, 0.2) is 78.9 Å². The second-order valence-electron chi connectivity index (χ2n) is 9.42. The Morgan fingerprint density at radius 1 is 0.947 bits per heavy atom. The minimum atomic E-state index is -0.301. The van der Waals surface area contributed by atoms with E-state index in [9.17, 15) is 9.90 Å². The summed E-state index contributed by atoms with van der Waals surface area (Å²) in [5, 5.41) is 21.1. The van der Waals surface area contributed by atoms with Gasteiger partial charge in [-0.25, -0.2) is 0 Å². The molecule has 194 valence electrons. The van der Waals surface area contributed by atoms with Crippen LogP contribution >= 0.6 is 0 Å². The van der Waals surface area contributed by atoms with E-state index in [2.05, 4.69) is 50.4 Å². The molecule has 1 amide bonds. The number of nitrogens with zero attached hydrogens (tertiary/aromatic N) is 4. The summed E-state index contributed by atoms with van der Waals surface area (Å²) in [6, 6.07) is 24.6. The lowest BCUT2D eigenvalue weighted by atomic mass is 9.98. The molecule has 8 nitrogen and oxygen atoms in total. The molecule has 3 aromatic carbocycles. The van der Waals surface area contributed by atoms with Crippen LogP contribution in [0.3, 0.4) is 0 Å². The highest BCUT2D eigenvalue weighted by Gasteiger charge is 2.19. The van der Waals surface area contributed by atoms with Crippen molar-refractivity contribution in [3.05, 3.63) is 95.7 Å². The van der Waals surface area contributed by atoms with Crippen LogP contribution in [0.5, 0.6) is 11.5 Å². The number of piperazine rings is 1. The normalized spacial score (nSPS) is 13.8. The van der Waals surface area contributed by atoms with Crippen molar-refractivity contribution in [2.45, 2.75) is 13.5 Å². The van der Waals surface area contributed by atoms with Gasteiger partial charge in [-0.1, -0.05) is 30.3 Å². The number of phenols is 1. The molecule has 4 aromatic rings. The van der Waals surface area contributed by atoms with Gasteiger partial charge in [-0.15, -0.1) is 10.2 Å². The smallest absolute Gasteiger partial charge is 0.276 e. The van der Waals surface area contributed by atoms with Crippen molar-refractivity contribution in [1.29, 1.82) is 0 Å². The number of nitrogens with one attached hydrogen (secondary N) is 1. The fourth-order valence-corrected chi connectivity index (χ4v) is 4.70. The fourth-order valence-electron chi connectivity index (χ4n) is 4.70. The molecule has 1 aliphatic rings. The van der Waals surface area contributed by atoms with Crippen LogP contribution < -0.4 is 15.0 Å². The molecule has 38 heavy (non-hydrogen) atoms. The molecule has 1 aliphatic heterocycles. The first-order valence-corrected chi connectivity index (χ1v) is 12.6. The van der Waals surface area contributed by atoms with Gasteiger partial charge in [-0.05, 0) is 77.7 Å². The Balaban J connectivity index is 1.14. The van der Waals surface area contributed by atoms with Crippen molar-refractivity contribution in [3.63, 3.8) is 0 Å². The Kier molecular flexibility index (Phi) is 7.51. The number of ether oxygens (including phenoxy) is 1. The van der Waals surface area contributed by atoms with Crippen molar-refractivity contribution in [2.75, 3.05) is 43.5 Å². The number of amides is 1. The second kappa shape index (κ2) is 11.3. The van der Waals surface area contributed by atoms with Gasteiger partial charge in [0, 0.05) is 38.4 Å². The highest BCUT2D eigenvalue weighted by molar-refractivity contribution is 6.02. The third-order valence-electron chi connectivity index (χ3n) is 6.78. The molecule has 2 N–H and O–H groups in total. The summed E-state index contributed by atoms with van der Waals surface area (Å²) in [6.07, 6.45) is 0. The van der Waals surface area contributed by atoms with Crippen LogP contribution in [0.1, 0.15) is 21.6 Å². The van der Waals surface area contributed by atoms with Crippen molar-refractivity contribution in [3.8, 4) is 22.6 Å². The topological polar surface area (TPSA) is 90.8 Å². The van der Waals surface area contributed by atoms with Gasteiger partial charge in [0.15, 0.2) is 11.5 Å². The summed E-state index contributed by atoms with van der Waals surface area (Å²) in [5.41, 5.74) is 5.56. The highest BCUT2D eigenvalue weighted by Crippen LogP contribution is 2.27. The molecule has 0 radical (unpaired) electrons. The van der Waals surface area contributed by atoms with Crippen LogP contribution in [0, 0.1) is 6.92 Å². The Labute approximate surface area is 222 Å². The molecule has 0 atom stereocenters. The molecule has 8 heteroatoms. The number of carbonyl (C=O) groups is 1. The monoisotopic (exact) mass is 509 g/mol. The maximum Gasteiger partial charge on any atom is 0.276 e. The number of benzene rings is 3. The summed E-state index contributed by atoms with van der Waals surface area (Å²) in [4.78, 5) is 17.2. The average molecular weight is 510 g/mol. The van der Waals surface area contributed by atoms with Crippen LogP contribution in [0.2, 0.25) is 0 Å². The van der Waals surface area contributed by atoms with E-state index in [1.54, 1.807) is 49.6 Å². The maximum atomic E-state index is 12.5. The van der Waals surface area contributed by atoms with Gasteiger partial charge in [0.2, 0.25) is 0 Å². The molecule has 1 aromatic heterocycles. The number of anilines is 2. The predicted molar refractivity (Wildman–Crippen MR) is 149 cm³/mol. The zero-order valence-corrected chi connectivity index (χ0v) is 21.6. The average Bonchev–Trinajstić information content (AvgIpc) is 2.94. The largest absolute Gasteiger partial charge is 0.508 e. The highest BCUT2D eigenvalue weighted by atomic mass is 16.5. The van der Waals surface area contributed by atoms with Crippen LogP contribution in [0.4, 0.5) is 11.5 Å². The van der Waals surface area contributed by atoms with Gasteiger partial charge in [-0.3, -0.25) is 9.69 Å². The summed E-state index contributed by atoms with van der Waals surface area (Å²) >= 11 is 0. The third kappa shape index (κ3) is 5.92. The van der Waals surface area contributed by atoms with E-state index >= 15 is 0 Å². The summed E-state index contributed by atoms with van der Waals surface area (Å²) in [7, 11) is 1.60. The molecule has 0 spiro atoms. The minimum Gasteiger partial charge on any atom is -0.508 e. The first-order chi connectivity index (χ1) is 18.5. The number of aryl methyl sites for hydroxylation is 1. The lowest BCUT2D eigenvalue weighted by Gasteiger charge is -2.35. The fraction of sp³-hybridized carbons (Fsp3) is 0.233. The molecule has 0 bridgehead atoms. The number of hydrogen-bond acceptors (Lipinski definition) is 7. The predicted octanol–water partition coefficient (Wildman–Crippen LogP) is 4.74. The minimum absolute atomic E-state index is 0.271. The second-order valence-corrected chi connectivity index (χ2v) is 9.42. The van der Waals surface area contributed by atoms with Crippen LogP contribution in [-0.2, 0) is 6.54 Å². The van der Waals surface area contributed by atoms with Crippen molar-refractivity contribution in [1.82, 2.24) is 15.1 Å². The number of hydrogen-bond donors (Lipinski definition) is 2. The lowest BCUT2D eigenvalue weighted by molar-refractivity contribution is 0.102. The van der Waals surface area contributed by atoms with E-state index in [0.717, 1.165) is 55.4 Å². The number of rotatable bonds is 7. The molecule has 1 saturated heterocycles. The van der Waals surface area contributed by atoms with Gasteiger partial charge in [0.25, 0.3) is 5.91 Å². The molecule has 1 fully saturated rings. The molecule has 0 aliphatic carbocycles. The van der Waals surface area contributed by atoms with E-state index in [1.165, 1.54) is 11.1 Å². The first kappa shape index (κ1) is 25.2. The van der Waals surface area contributed by atoms with Crippen LogP contribution in [-0.4, -0.2) is 59.4 Å². The molecule has 2 heterocycles. The molecule has 0 unspecified atom stereocenters. The SMILES string of the molecule is COc1ccc(NC(=O)c2ccc(N3CCN(Cc4ccc(-c5cccc(O)c5)c(C)c4)CC3)nn2)cc1. The number of aromatic hydroxyl groups is 1. The molecule has 0 saturated carbocycles.